The zero-order valence-electron chi connectivity index (χ0n) is 18.4. The second-order valence-corrected chi connectivity index (χ2v) is 9.50. The summed E-state index contributed by atoms with van der Waals surface area (Å²) in [6, 6.07) is -0.748. The van der Waals surface area contributed by atoms with E-state index in [1.165, 1.54) is 0 Å². The van der Waals surface area contributed by atoms with Gasteiger partial charge in [-0.2, -0.15) is 4.98 Å². The van der Waals surface area contributed by atoms with Crippen LogP contribution in [0.2, 0.25) is 0 Å². The van der Waals surface area contributed by atoms with Crippen molar-refractivity contribution in [2.24, 2.45) is 5.41 Å². The molecule has 1 aliphatic heterocycles. The molecular weight excluding hydrogens is 388 g/mol. The highest BCUT2D eigenvalue weighted by molar-refractivity contribution is 5.96. The van der Waals surface area contributed by atoms with Crippen molar-refractivity contribution < 1.29 is 24.0 Å². The highest BCUT2D eigenvalue weighted by atomic mass is 16.6. The highest BCUT2D eigenvalue weighted by Gasteiger charge is 2.35. The van der Waals surface area contributed by atoms with E-state index in [1.54, 1.807) is 4.90 Å². The number of ether oxygens (including phenoxy) is 1. The SMILES string of the molecule is CC[C@H](NC(O)O[C@@H](CC(C)(C)C)C(=O)N1CCCC1)C(=O)c1noc(C2CC2)n1. The molecule has 0 radical (unpaired) electrons. The lowest BCUT2D eigenvalue weighted by molar-refractivity contribution is -0.182. The topological polar surface area (TPSA) is 118 Å². The van der Waals surface area contributed by atoms with Gasteiger partial charge < -0.3 is 19.3 Å². The van der Waals surface area contributed by atoms with Crippen LogP contribution in [0.25, 0.3) is 0 Å². The highest BCUT2D eigenvalue weighted by Crippen LogP contribution is 2.38. The van der Waals surface area contributed by atoms with Crippen LogP contribution in [0.4, 0.5) is 0 Å². The van der Waals surface area contributed by atoms with E-state index in [2.05, 4.69) is 15.5 Å². The number of nitrogens with zero attached hydrogens (tertiary/aromatic N) is 3. The molecular formula is C21H34N4O5. The third-order valence-corrected chi connectivity index (χ3v) is 5.44. The number of carbonyl (C=O) groups is 2. The molecule has 168 valence electrons. The van der Waals surface area contributed by atoms with Gasteiger partial charge in [0.15, 0.2) is 0 Å². The lowest BCUT2D eigenvalue weighted by Gasteiger charge is -2.31. The molecule has 1 aliphatic carbocycles. The Morgan fingerprint density at radius 3 is 2.53 bits per heavy atom. The molecule has 1 unspecified atom stereocenters. The minimum absolute atomic E-state index is 0.00262. The largest absolute Gasteiger partial charge is 0.356 e. The molecule has 9 nitrogen and oxygen atoms in total. The fourth-order valence-corrected chi connectivity index (χ4v) is 3.62. The summed E-state index contributed by atoms with van der Waals surface area (Å²) in [6.07, 6.45) is 2.56. The molecule has 1 amide bonds. The Morgan fingerprint density at radius 2 is 1.97 bits per heavy atom. The molecule has 0 spiro atoms. The van der Waals surface area contributed by atoms with E-state index in [0.717, 1.165) is 25.7 Å². The van der Waals surface area contributed by atoms with E-state index in [9.17, 15) is 14.7 Å². The Labute approximate surface area is 177 Å². The van der Waals surface area contributed by atoms with E-state index >= 15 is 0 Å². The molecule has 3 atom stereocenters. The van der Waals surface area contributed by atoms with Gasteiger partial charge in [-0.3, -0.25) is 14.9 Å². The zero-order valence-corrected chi connectivity index (χ0v) is 18.4. The predicted molar refractivity (Wildman–Crippen MR) is 109 cm³/mol. The molecule has 2 N–H and O–H groups in total. The maximum Gasteiger partial charge on any atom is 0.251 e. The first-order valence-electron chi connectivity index (χ1n) is 10.9. The third kappa shape index (κ3) is 6.09. The molecule has 1 saturated carbocycles. The summed E-state index contributed by atoms with van der Waals surface area (Å²) in [7, 11) is 0. The Kier molecular flexibility index (Phi) is 7.26. The molecule has 1 aromatic rings. The van der Waals surface area contributed by atoms with Crippen LogP contribution in [-0.2, 0) is 9.53 Å². The Balaban J connectivity index is 1.61. The Morgan fingerprint density at radius 1 is 1.30 bits per heavy atom. The number of likely N-dealkylation sites (tertiary alicyclic amines) is 1. The third-order valence-electron chi connectivity index (χ3n) is 5.44. The molecule has 9 heteroatoms. The van der Waals surface area contributed by atoms with Gasteiger partial charge >= 0.3 is 0 Å². The van der Waals surface area contributed by atoms with Crippen LogP contribution in [0.5, 0.6) is 0 Å². The van der Waals surface area contributed by atoms with Gasteiger partial charge in [0.05, 0.1) is 6.04 Å². The van der Waals surface area contributed by atoms with Crippen molar-refractivity contribution in [1.29, 1.82) is 0 Å². The minimum Gasteiger partial charge on any atom is -0.356 e. The number of nitrogens with one attached hydrogen (secondary N) is 1. The number of carbonyl (C=O) groups excluding carboxylic acids is 2. The van der Waals surface area contributed by atoms with Crippen LogP contribution >= 0.6 is 0 Å². The average Bonchev–Trinajstić information content (AvgIpc) is 3.18. The number of Topliss-reactive ketones (excluding diaryl/α,β-unsaturated/α-hetero) is 1. The van der Waals surface area contributed by atoms with Crippen LogP contribution < -0.4 is 5.32 Å². The standard InChI is InChI=1S/C21H34N4O5/c1-5-14(16(26)17-23-18(30-24-17)13-8-9-13)22-20(28)29-15(12-21(2,3)4)19(27)25-10-6-7-11-25/h13-15,20,22,28H,5-12H2,1-4H3/t14-,15-,20?/m0/s1. The lowest BCUT2D eigenvalue weighted by atomic mass is 9.88. The Bertz CT molecular complexity index is 734. The van der Waals surface area contributed by atoms with E-state index in [1.807, 2.05) is 27.7 Å². The van der Waals surface area contributed by atoms with Crippen LogP contribution in [0.1, 0.15) is 88.6 Å². The number of aromatic nitrogens is 2. The Hall–Kier alpha value is -1.84. The van der Waals surface area contributed by atoms with Gasteiger partial charge in [0, 0.05) is 19.0 Å². The summed E-state index contributed by atoms with van der Waals surface area (Å²) in [4.78, 5) is 31.6. The summed E-state index contributed by atoms with van der Waals surface area (Å²) in [5.74, 6) is 0.272. The number of rotatable bonds is 10. The van der Waals surface area contributed by atoms with Crippen molar-refractivity contribution in [1.82, 2.24) is 20.4 Å². The fraction of sp³-hybridized carbons (Fsp3) is 0.810. The van der Waals surface area contributed by atoms with Gasteiger partial charge in [0.25, 0.3) is 5.91 Å². The second kappa shape index (κ2) is 9.53. The van der Waals surface area contributed by atoms with Gasteiger partial charge in [-0.15, -0.1) is 0 Å². The van der Waals surface area contributed by atoms with Gasteiger partial charge in [-0.25, -0.2) is 0 Å². The van der Waals surface area contributed by atoms with Crippen molar-refractivity contribution >= 4 is 11.7 Å². The summed E-state index contributed by atoms with van der Waals surface area (Å²) in [6.45, 7) is 9.30. The predicted octanol–water partition coefficient (Wildman–Crippen LogP) is 2.22. The normalized spacial score (nSPS) is 20.2. The van der Waals surface area contributed by atoms with Crippen molar-refractivity contribution in [3.63, 3.8) is 0 Å². The maximum absolute atomic E-state index is 12.9. The first-order valence-corrected chi connectivity index (χ1v) is 10.9. The number of hydrogen-bond acceptors (Lipinski definition) is 8. The zero-order chi connectivity index (χ0) is 21.9. The van der Waals surface area contributed by atoms with Gasteiger partial charge in [-0.1, -0.05) is 32.9 Å². The van der Waals surface area contributed by atoms with Crippen LogP contribution in [-0.4, -0.2) is 63.5 Å². The van der Waals surface area contributed by atoms with Gasteiger partial charge in [-0.05, 0) is 43.9 Å². The minimum atomic E-state index is -1.47. The molecule has 1 saturated heterocycles. The van der Waals surface area contributed by atoms with Crippen molar-refractivity contribution in [3.8, 4) is 0 Å². The molecule has 2 fully saturated rings. The number of aliphatic hydroxyl groups is 1. The molecule has 2 heterocycles. The molecule has 2 aliphatic rings. The van der Waals surface area contributed by atoms with Crippen molar-refractivity contribution in [3.05, 3.63) is 11.7 Å². The molecule has 1 aromatic heterocycles. The van der Waals surface area contributed by atoms with E-state index in [4.69, 9.17) is 9.26 Å². The fourth-order valence-electron chi connectivity index (χ4n) is 3.62. The summed E-state index contributed by atoms with van der Waals surface area (Å²) in [5.41, 5.74) is -0.163. The van der Waals surface area contributed by atoms with Crippen LogP contribution in [0, 0.1) is 5.41 Å². The second-order valence-electron chi connectivity index (χ2n) is 9.50. The van der Waals surface area contributed by atoms with E-state index in [0.29, 0.717) is 31.8 Å². The molecule has 0 aromatic carbocycles. The summed E-state index contributed by atoms with van der Waals surface area (Å²) >= 11 is 0. The van der Waals surface area contributed by atoms with Crippen LogP contribution in [0.15, 0.2) is 4.52 Å². The number of ketones is 1. The van der Waals surface area contributed by atoms with Crippen molar-refractivity contribution in [2.75, 3.05) is 13.1 Å². The number of aliphatic hydroxyl groups excluding tert-OH is 1. The van der Waals surface area contributed by atoms with Crippen molar-refractivity contribution in [2.45, 2.75) is 90.7 Å². The number of amides is 1. The molecule has 3 rings (SSSR count). The average molecular weight is 423 g/mol. The summed E-state index contributed by atoms with van der Waals surface area (Å²) < 4.78 is 10.9. The molecule has 30 heavy (non-hydrogen) atoms. The van der Waals surface area contributed by atoms with Gasteiger partial charge in [0.2, 0.25) is 23.9 Å². The first-order chi connectivity index (χ1) is 14.2. The molecule has 0 bridgehead atoms. The van der Waals surface area contributed by atoms with Gasteiger partial charge in [0.1, 0.15) is 6.10 Å². The monoisotopic (exact) mass is 422 g/mol. The quantitative estimate of drug-likeness (QED) is 0.435. The lowest BCUT2D eigenvalue weighted by Crippen LogP contribution is -2.49. The van der Waals surface area contributed by atoms with E-state index in [-0.39, 0.29) is 28.8 Å². The smallest absolute Gasteiger partial charge is 0.251 e. The number of hydrogen-bond donors (Lipinski definition) is 2. The first kappa shape index (κ1) is 22.8. The maximum atomic E-state index is 12.9. The van der Waals surface area contributed by atoms with E-state index < -0.39 is 18.6 Å². The summed E-state index contributed by atoms with van der Waals surface area (Å²) in [5, 5.41) is 17.0. The van der Waals surface area contributed by atoms with Crippen LogP contribution in [0.3, 0.4) is 0 Å².